The molecule has 2 heterocycles. The summed E-state index contributed by atoms with van der Waals surface area (Å²) in [6.45, 7) is 5.67. The van der Waals surface area contributed by atoms with E-state index in [1.54, 1.807) is 4.68 Å². The third-order valence-electron chi connectivity index (χ3n) is 4.06. The van der Waals surface area contributed by atoms with E-state index in [0.717, 1.165) is 37.8 Å². The first-order valence-electron chi connectivity index (χ1n) is 7.49. The number of piperazine rings is 1. The summed E-state index contributed by atoms with van der Waals surface area (Å²) >= 11 is 0. The fraction of sp³-hybridized carbons (Fsp3) is 0.467. The van der Waals surface area contributed by atoms with Crippen LogP contribution < -0.4 is 4.90 Å². The maximum atomic E-state index is 8.82. The number of anilines is 1. The molecule has 7 nitrogen and oxygen atoms in total. The van der Waals surface area contributed by atoms with Gasteiger partial charge in [-0.3, -0.25) is 4.90 Å². The third kappa shape index (κ3) is 2.92. The van der Waals surface area contributed by atoms with Crippen molar-refractivity contribution < 1.29 is 0 Å². The first kappa shape index (κ1) is 14.5. The van der Waals surface area contributed by atoms with Crippen LogP contribution in [0, 0.1) is 11.3 Å². The van der Waals surface area contributed by atoms with Crippen LogP contribution in [0.4, 0.5) is 5.95 Å². The molecular weight excluding hydrogens is 278 g/mol. The second-order valence-electron chi connectivity index (χ2n) is 5.46. The van der Waals surface area contributed by atoms with E-state index < -0.39 is 0 Å². The number of rotatable bonds is 4. The van der Waals surface area contributed by atoms with Crippen LogP contribution >= 0.6 is 0 Å². The van der Waals surface area contributed by atoms with Gasteiger partial charge in [0.25, 0.3) is 0 Å². The summed E-state index contributed by atoms with van der Waals surface area (Å²) in [5.74, 6) is 0.777. The number of aromatic nitrogens is 4. The normalized spacial score (nSPS) is 17.2. The molecule has 7 heteroatoms. The van der Waals surface area contributed by atoms with Gasteiger partial charge in [0.15, 0.2) is 0 Å². The van der Waals surface area contributed by atoms with Gasteiger partial charge in [0.1, 0.15) is 0 Å². The maximum Gasteiger partial charge on any atom is 0.250 e. The minimum Gasteiger partial charge on any atom is -0.337 e. The molecule has 0 radical (unpaired) electrons. The van der Waals surface area contributed by atoms with Crippen LogP contribution in [0.1, 0.15) is 13.3 Å². The van der Waals surface area contributed by atoms with E-state index in [9.17, 15) is 0 Å². The Morgan fingerprint density at radius 2 is 1.91 bits per heavy atom. The highest BCUT2D eigenvalue weighted by Gasteiger charge is 2.24. The van der Waals surface area contributed by atoms with E-state index in [1.807, 2.05) is 30.3 Å². The largest absolute Gasteiger partial charge is 0.337 e. The topological polar surface area (TPSA) is 73.9 Å². The average molecular weight is 297 g/mol. The number of hydrogen-bond acceptors (Lipinski definition) is 6. The Morgan fingerprint density at radius 3 is 2.59 bits per heavy atom. The minimum atomic E-state index is 0.303. The van der Waals surface area contributed by atoms with Crippen LogP contribution in [0.15, 0.2) is 30.3 Å². The molecule has 1 saturated heterocycles. The van der Waals surface area contributed by atoms with Crippen LogP contribution in [-0.2, 0) is 0 Å². The van der Waals surface area contributed by atoms with Gasteiger partial charge in [-0.1, -0.05) is 23.3 Å². The molecule has 0 spiro atoms. The monoisotopic (exact) mass is 297 g/mol. The molecular formula is C15H19N7. The molecule has 0 aliphatic carbocycles. The Labute approximate surface area is 129 Å². The molecule has 1 aliphatic heterocycles. The molecule has 0 bridgehead atoms. The molecule has 0 unspecified atom stereocenters. The van der Waals surface area contributed by atoms with Crippen molar-refractivity contribution in [2.24, 2.45) is 0 Å². The van der Waals surface area contributed by atoms with Gasteiger partial charge in [-0.15, -0.1) is 0 Å². The SMILES string of the molecule is C[C@@H](CC#N)N1CCN(c2nnnn2-c2ccccc2)CC1. The quantitative estimate of drug-likeness (QED) is 0.841. The molecule has 1 aromatic heterocycles. The Hall–Kier alpha value is -2.46. The highest BCUT2D eigenvalue weighted by molar-refractivity contribution is 5.40. The average Bonchev–Trinajstić information content (AvgIpc) is 3.06. The smallest absolute Gasteiger partial charge is 0.250 e. The van der Waals surface area contributed by atoms with Gasteiger partial charge >= 0.3 is 0 Å². The zero-order valence-corrected chi connectivity index (χ0v) is 12.6. The van der Waals surface area contributed by atoms with Crippen molar-refractivity contribution in [2.45, 2.75) is 19.4 Å². The summed E-state index contributed by atoms with van der Waals surface area (Å²) in [7, 11) is 0. The van der Waals surface area contributed by atoms with Crippen molar-refractivity contribution in [1.29, 1.82) is 5.26 Å². The van der Waals surface area contributed by atoms with Gasteiger partial charge in [0, 0.05) is 32.2 Å². The Morgan fingerprint density at radius 1 is 1.18 bits per heavy atom. The summed E-state index contributed by atoms with van der Waals surface area (Å²) in [4.78, 5) is 4.54. The molecule has 114 valence electrons. The Balaban J connectivity index is 1.70. The first-order chi connectivity index (χ1) is 10.8. The van der Waals surface area contributed by atoms with Gasteiger partial charge in [0.2, 0.25) is 5.95 Å². The Kier molecular flexibility index (Phi) is 4.30. The summed E-state index contributed by atoms with van der Waals surface area (Å²) in [6, 6.07) is 12.5. The van der Waals surface area contributed by atoms with Crippen LogP contribution in [0.3, 0.4) is 0 Å². The fourth-order valence-corrected chi connectivity index (χ4v) is 2.74. The van der Waals surface area contributed by atoms with E-state index in [1.165, 1.54) is 0 Å². The predicted molar refractivity (Wildman–Crippen MR) is 82.6 cm³/mol. The lowest BCUT2D eigenvalue weighted by atomic mass is 10.2. The van der Waals surface area contributed by atoms with Crippen molar-refractivity contribution >= 4 is 5.95 Å². The molecule has 0 saturated carbocycles. The van der Waals surface area contributed by atoms with E-state index >= 15 is 0 Å². The highest BCUT2D eigenvalue weighted by atomic mass is 15.6. The summed E-state index contributed by atoms with van der Waals surface area (Å²) in [5.41, 5.74) is 0.961. The zero-order valence-electron chi connectivity index (χ0n) is 12.6. The van der Waals surface area contributed by atoms with Gasteiger partial charge in [-0.05, 0) is 29.5 Å². The molecule has 3 rings (SSSR count). The lowest BCUT2D eigenvalue weighted by Gasteiger charge is -2.37. The first-order valence-corrected chi connectivity index (χ1v) is 7.49. The second kappa shape index (κ2) is 6.54. The van der Waals surface area contributed by atoms with E-state index in [4.69, 9.17) is 5.26 Å². The van der Waals surface area contributed by atoms with Gasteiger partial charge in [-0.2, -0.15) is 9.94 Å². The lowest BCUT2D eigenvalue weighted by molar-refractivity contribution is 0.198. The number of para-hydroxylation sites is 1. The third-order valence-corrected chi connectivity index (χ3v) is 4.06. The van der Waals surface area contributed by atoms with Crippen molar-refractivity contribution in [3.63, 3.8) is 0 Å². The van der Waals surface area contributed by atoms with E-state index in [2.05, 4.69) is 38.3 Å². The minimum absolute atomic E-state index is 0.303. The molecule has 2 aromatic rings. The zero-order chi connectivity index (χ0) is 15.4. The van der Waals surface area contributed by atoms with Crippen molar-refractivity contribution in [3.8, 4) is 11.8 Å². The number of nitrogens with zero attached hydrogens (tertiary/aromatic N) is 7. The molecule has 0 N–H and O–H groups in total. The summed E-state index contributed by atoms with van der Waals surface area (Å²) in [5, 5.41) is 20.9. The maximum absolute atomic E-state index is 8.82. The molecule has 22 heavy (non-hydrogen) atoms. The molecule has 1 atom stereocenters. The van der Waals surface area contributed by atoms with Crippen LogP contribution in [0.2, 0.25) is 0 Å². The van der Waals surface area contributed by atoms with Crippen LogP contribution in [-0.4, -0.2) is 57.3 Å². The molecule has 1 aliphatic rings. The molecule has 1 fully saturated rings. The van der Waals surface area contributed by atoms with Crippen molar-refractivity contribution in [2.75, 3.05) is 31.1 Å². The second-order valence-corrected chi connectivity index (χ2v) is 5.46. The standard InChI is InChI=1S/C15H19N7/c1-13(7-8-16)20-9-11-21(12-10-20)15-17-18-19-22(15)14-5-3-2-4-6-14/h2-6,13H,7,9-12H2,1H3/t13-/m0/s1. The van der Waals surface area contributed by atoms with Gasteiger partial charge in [0.05, 0.1) is 18.2 Å². The number of nitriles is 1. The molecule has 1 aromatic carbocycles. The van der Waals surface area contributed by atoms with E-state index in [0.29, 0.717) is 12.5 Å². The Bertz CT molecular complexity index is 637. The number of benzene rings is 1. The predicted octanol–water partition coefficient (Wildman–Crippen LogP) is 1.09. The highest BCUT2D eigenvalue weighted by Crippen LogP contribution is 2.18. The van der Waals surface area contributed by atoms with Crippen molar-refractivity contribution in [3.05, 3.63) is 30.3 Å². The van der Waals surface area contributed by atoms with E-state index in [-0.39, 0.29) is 0 Å². The molecule has 0 amide bonds. The van der Waals surface area contributed by atoms with Gasteiger partial charge in [-0.25, -0.2) is 0 Å². The summed E-state index contributed by atoms with van der Waals surface area (Å²) < 4.78 is 1.77. The number of hydrogen-bond donors (Lipinski definition) is 0. The van der Waals surface area contributed by atoms with Crippen molar-refractivity contribution in [1.82, 2.24) is 25.1 Å². The van der Waals surface area contributed by atoms with Crippen LogP contribution in [0.5, 0.6) is 0 Å². The van der Waals surface area contributed by atoms with Gasteiger partial charge < -0.3 is 4.90 Å². The summed E-state index contributed by atoms with van der Waals surface area (Å²) in [6.07, 6.45) is 0.571. The lowest BCUT2D eigenvalue weighted by Crippen LogP contribution is -2.50. The fourth-order valence-electron chi connectivity index (χ4n) is 2.74. The van der Waals surface area contributed by atoms with Crippen LogP contribution in [0.25, 0.3) is 5.69 Å². The number of tetrazole rings is 1.